The SMILES string of the molecule is O=C(Cn1cnc2c(sc3nc(-c4cccs4)ccc32)c1=O)NCc1ccco1. The van der Waals surface area contributed by atoms with E-state index < -0.39 is 0 Å². The molecule has 144 valence electrons. The molecule has 9 heteroatoms. The van der Waals surface area contributed by atoms with Crippen LogP contribution in [0.1, 0.15) is 5.76 Å². The molecule has 0 radical (unpaired) electrons. The average molecular weight is 422 g/mol. The third kappa shape index (κ3) is 3.34. The van der Waals surface area contributed by atoms with E-state index in [9.17, 15) is 9.59 Å². The molecule has 7 nitrogen and oxygen atoms in total. The van der Waals surface area contributed by atoms with E-state index in [1.54, 1.807) is 29.7 Å². The summed E-state index contributed by atoms with van der Waals surface area (Å²) in [5.41, 5.74) is 1.24. The van der Waals surface area contributed by atoms with E-state index in [4.69, 9.17) is 9.40 Å². The molecule has 5 rings (SSSR count). The highest BCUT2D eigenvalue weighted by Crippen LogP contribution is 2.32. The van der Waals surface area contributed by atoms with Crippen molar-refractivity contribution in [1.82, 2.24) is 19.9 Å². The molecule has 5 aromatic rings. The number of rotatable bonds is 5. The van der Waals surface area contributed by atoms with Crippen LogP contribution in [-0.2, 0) is 17.9 Å². The van der Waals surface area contributed by atoms with Crippen LogP contribution in [0.5, 0.6) is 0 Å². The Labute approximate surface area is 172 Å². The number of carbonyl (C=O) groups is 1. The van der Waals surface area contributed by atoms with Gasteiger partial charge in [0, 0.05) is 5.39 Å². The highest BCUT2D eigenvalue weighted by atomic mass is 32.1. The maximum atomic E-state index is 12.9. The summed E-state index contributed by atoms with van der Waals surface area (Å²) in [6.07, 6.45) is 2.96. The first kappa shape index (κ1) is 17.8. The molecule has 0 atom stereocenters. The molecule has 5 aromatic heterocycles. The van der Waals surface area contributed by atoms with Crippen LogP contribution >= 0.6 is 22.7 Å². The lowest BCUT2D eigenvalue weighted by molar-refractivity contribution is -0.122. The van der Waals surface area contributed by atoms with Gasteiger partial charge < -0.3 is 9.73 Å². The summed E-state index contributed by atoms with van der Waals surface area (Å²) in [5, 5.41) is 5.58. The van der Waals surface area contributed by atoms with E-state index in [1.807, 2.05) is 29.6 Å². The fourth-order valence-electron chi connectivity index (χ4n) is 3.03. The quantitative estimate of drug-likeness (QED) is 0.467. The van der Waals surface area contributed by atoms with Gasteiger partial charge in [-0.1, -0.05) is 6.07 Å². The summed E-state index contributed by atoms with van der Waals surface area (Å²) in [6.45, 7) is 0.166. The monoisotopic (exact) mass is 422 g/mol. The molecule has 0 bridgehead atoms. The van der Waals surface area contributed by atoms with E-state index in [2.05, 4.69) is 10.3 Å². The number of fused-ring (bicyclic) bond motifs is 3. The van der Waals surface area contributed by atoms with Gasteiger partial charge in [-0.15, -0.1) is 22.7 Å². The van der Waals surface area contributed by atoms with Gasteiger partial charge in [0.15, 0.2) is 0 Å². The Bertz CT molecular complexity index is 1370. The lowest BCUT2D eigenvalue weighted by Gasteiger charge is -2.06. The van der Waals surface area contributed by atoms with Crippen LogP contribution in [0.25, 0.3) is 31.0 Å². The number of hydrogen-bond acceptors (Lipinski definition) is 7. The summed E-state index contributed by atoms with van der Waals surface area (Å²) < 4.78 is 7.00. The third-order valence-corrected chi connectivity index (χ3v) is 6.41. The Morgan fingerprint density at radius 1 is 1.21 bits per heavy atom. The van der Waals surface area contributed by atoms with E-state index in [-0.39, 0.29) is 24.6 Å². The van der Waals surface area contributed by atoms with Crippen molar-refractivity contribution in [3.8, 4) is 10.6 Å². The number of furan rings is 1. The highest BCUT2D eigenvalue weighted by molar-refractivity contribution is 7.25. The van der Waals surface area contributed by atoms with Crippen molar-refractivity contribution in [3.05, 3.63) is 70.5 Å². The molecule has 0 saturated heterocycles. The number of carbonyl (C=O) groups excluding carboxylic acids is 1. The van der Waals surface area contributed by atoms with Gasteiger partial charge in [-0.25, -0.2) is 9.97 Å². The smallest absolute Gasteiger partial charge is 0.271 e. The first-order valence-corrected chi connectivity index (χ1v) is 10.5. The van der Waals surface area contributed by atoms with E-state index in [0.29, 0.717) is 16.0 Å². The van der Waals surface area contributed by atoms with Crippen LogP contribution in [0.4, 0.5) is 0 Å². The second-order valence-electron chi connectivity index (χ2n) is 6.34. The topological polar surface area (TPSA) is 90.0 Å². The second kappa shape index (κ2) is 7.26. The van der Waals surface area contributed by atoms with E-state index in [1.165, 1.54) is 22.2 Å². The Hall–Kier alpha value is -3.30. The van der Waals surface area contributed by atoms with Gasteiger partial charge in [0.05, 0.1) is 35.2 Å². The molecule has 0 aromatic carbocycles. The van der Waals surface area contributed by atoms with Crippen LogP contribution in [0.15, 0.2) is 63.6 Å². The average Bonchev–Trinajstić information content (AvgIpc) is 3.49. The molecule has 1 N–H and O–H groups in total. The number of hydrogen-bond donors (Lipinski definition) is 1. The van der Waals surface area contributed by atoms with Gasteiger partial charge in [0.1, 0.15) is 21.8 Å². The molecule has 0 spiro atoms. The van der Waals surface area contributed by atoms with Gasteiger partial charge in [-0.3, -0.25) is 14.2 Å². The zero-order chi connectivity index (χ0) is 19.8. The van der Waals surface area contributed by atoms with Gasteiger partial charge in [-0.2, -0.15) is 0 Å². The van der Waals surface area contributed by atoms with Crippen LogP contribution in [-0.4, -0.2) is 20.4 Å². The highest BCUT2D eigenvalue weighted by Gasteiger charge is 2.15. The number of thiophene rings is 2. The molecule has 0 unspecified atom stereocenters. The molecular formula is C20H14N4O3S2. The minimum absolute atomic E-state index is 0.107. The molecule has 29 heavy (non-hydrogen) atoms. The van der Waals surface area contributed by atoms with Crippen molar-refractivity contribution < 1.29 is 9.21 Å². The van der Waals surface area contributed by atoms with Crippen molar-refractivity contribution in [2.45, 2.75) is 13.1 Å². The normalized spacial score (nSPS) is 11.3. The number of pyridine rings is 1. The van der Waals surface area contributed by atoms with Crippen molar-refractivity contribution in [3.63, 3.8) is 0 Å². The molecule has 0 saturated carbocycles. The molecule has 5 heterocycles. The predicted octanol–water partition coefficient (Wildman–Crippen LogP) is 3.64. The van der Waals surface area contributed by atoms with E-state index >= 15 is 0 Å². The van der Waals surface area contributed by atoms with E-state index in [0.717, 1.165) is 20.8 Å². The van der Waals surface area contributed by atoms with Crippen LogP contribution in [0.2, 0.25) is 0 Å². The van der Waals surface area contributed by atoms with Crippen molar-refractivity contribution in [2.75, 3.05) is 0 Å². The summed E-state index contributed by atoms with van der Waals surface area (Å²) in [6, 6.07) is 11.4. The Balaban J connectivity index is 1.45. The van der Waals surface area contributed by atoms with Gasteiger partial charge >= 0.3 is 0 Å². The minimum Gasteiger partial charge on any atom is -0.467 e. The zero-order valence-corrected chi connectivity index (χ0v) is 16.6. The predicted molar refractivity (Wildman–Crippen MR) is 113 cm³/mol. The minimum atomic E-state index is -0.288. The summed E-state index contributed by atoms with van der Waals surface area (Å²) in [7, 11) is 0. The lowest BCUT2D eigenvalue weighted by Crippen LogP contribution is -2.31. The first-order chi connectivity index (χ1) is 14.2. The largest absolute Gasteiger partial charge is 0.467 e. The van der Waals surface area contributed by atoms with Crippen molar-refractivity contribution in [1.29, 1.82) is 0 Å². The number of nitrogens with one attached hydrogen (secondary N) is 1. The molecular weight excluding hydrogens is 408 g/mol. The third-order valence-electron chi connectivity index (χ3n) is 4.44. The zero-order valence-electron chi connectivity index (χ0n) is 15.0. The fraction of sp³-hybridized carbons (Fsp3) is 0.100. The molecule has 0 aliphatic rings. The first-order valence-electron chi connectivity index (χ1n) is 8.81. The Kier molecular flexibility index (Phi) is 4.45. The summed E-state index contributed by atoms with van der Waals surface area (Å²) in [4.78, 5) is 36.0. The molecule has 1 amide bonds. The standard InChI is InChI=1S/C20H14N4O3S2/c25-16(21-9-12-3-1-7-27-12)10-24-11-22-17-13-5-6-14(15-4-2-8-28-15)23-19(13)29-18(17)20(24)26/h1-8,11H,9-10H2,(H,21,25). The number of amides is 1. The molecule has 0 aliphatic carbocycles. The van der Waals surface area contributed by atoms with Crippen LogP contribution in [0.3, 0.4) is 0 Å². The number of aromatic nitrogens is 3. The molecule has 0 fully saturated rings. The Morgan fingerprint density at radius 2 is 2.14 bits per heavy atom. The summed E-state index contributed by atoms with van der Waals surface area (Å²) >= 11 is 2.92. The Morgan fingerprint density at radius 3 is 2.93 bits per heavy atom. The lowest BCUT2D eigenvalue weighted by atomic mass is 10.2. The number of nitrogens with zero attached hydrogens (tertiary/aromatic N) is 3. The summed E-state index contributed by atoms with van der Waals surface area (Å²) in [5.74, 6) is 0.361. The van der Waals surface area contributed by atoms with Crippen LogP contribution < -0.4 is 10.9 Å². The van der Waals surface area contributed by atoms with Gasteiger partial charge in [0.2, 0.25) is 5.91 Å². The molecule has 0 aliphatic heterocycles. The fourth-order valence-corrected chi connectivity index (χ4v) is 4.80. The van der Waals surface area contributed by atoms with Crippen molar-refractivity contribution >= 4 is 49.0 Å². The van der Waals surface area contributed by atoms with Crippen LogP contribution in [0, 0.1) is 0 Å². The maximum Gasteiger partial charge on any atom is 0.271 e. The van der Waals surface area contributed by atoms with Gasteiger partial charge in [-0.05, 0) is 35.7 Å². The second-order valence-corrected chi connectivity index (χ2v) is 8.29. The van der Waals surface area contributed by atoms with Crippen molar-refractivity contribution in [2.24, 2.45) is 0 Å². The van der Waals surface area contributed by atoms with Gasteiger partial charge in [0.25, 0.3) is 5.56 Å². The maximum absolute atomic E-state index is 12.9.